The van der Waals surface area contributed by atoms with E-state index in [9.17, 15) is 8.76 Å². The number of aromatic nitrogens is 1. The summed E-state index contributed by atoms with van der Waals surface area (Å²) in [5.74, 6) is 1.40. The number of hydrogen-bond donors (Lipinski definition) is 0. The van der Waals surface area contributed by atoms with Gasteiger partial charge in [0.2, 0.25) is 4.90 Å². The van der Waals surface area contributed by atoms with E-state index in [1.54, 1.807) is 37.4 Å². The van der Waals surface area contributed by atoms with Crippen LogP contribution in [0.15, 0.2) is 77.8 Å². The van der Waals surface area contributed by atoms with Crippen LogP contribution in [0.4, 0.5) is 5.69 Å². The Hall–Kier alpha value is -3.10. The molecule has 3 aromatic rings. The number of rotatable bonds is 5. The molecule has 150 valence electrons. The predicted molar refractivity (Wildman–Crippen MR) is 108 cm³/mol. The van der Waals surface area contributed by atoms with Gasteiger partial charge < -0.3 is 18.8 Å². The Morgan fingerprint density at radius 3 is 2.59 bits per heavy atom. The number of nitrogens with zero attached hydrogens (tertiary/aromatic N) is 2. The van der Waals surface area contributed by atoms with E-state index in [1.807, 2.05) is 30.3 Å². The van der Waals surface area contributed by atoms with Crippen LogP contribution in [0.2, 0.25) is 0 Å². The molecular formula is C21H20N2O5S. The summed E-state index contributed by atoms with van der Waals surface area (Å²) in [6.07, 6.45) is 0.954. The summed E-state index contributed by atoms with van der Waals surface area (Å²) >= 11 is 0. The van der Waals surface area contributed by atoms with E-state index in [4.69, 9.17) is 14.2 Å². The fraction of sp³-hybridized carbons (Fsp3) is 0.190. The number of methoxy groups -OCH3 is 1. The Kier molecular flexibility index (Phi) is 5.37. The molecule has 4 rings (SSSR count). The molecule has 2 aromatic carbocycles. The van der Waals surface area contributed by atoms with E-state index in [0.717, 1.165) is 0 Å². The Morgan fingerprint density at radius 2 is 1.86 bits per heavy atom. The number of fused-ring (bicyclic) bond motifs is 1. The lowest BCUT2D eigenvalue weighted by Crippen LogP contribution is -2.42. The van der Waals surface area contributed by atoms with E-state index in [0.29, 0.717) is 17.2 Å². The van der Waals surface area contributed by atoms with Crippen LogP contribution in [0.25, 0.3) is 0 Å². The lowest BCUT2D eigenvalue weighted by atomic mass is 10.3. The van der Waals surface area contributed by atoms with E-state index in [1.165, 1.54) is 16.6 Å². The highest BCUT2D eigenvalue weighted by molar-refractivity contribution is 7.99. The molecular weight excluding hydrogens is 392 g/mol. The van der Waals surface area contributed by atoms with Gasteiger partial charge in [0.15, 0.2) is 16.5 Å². The molecule has 0 saturated carbocycles. The minimum Gasteiger partial charge on any atom is -0.588 e. The van der Waals surface area contributed by atoms with Gasteiger partial charge in [0.25, 0.3) is 5.88 Å². The van der Waals surface area contributed by atoms with E-state index in [-0.39, 0.29) is 23.9 Å². The Labute approximate surface area is 170 Å². The molecule has 0 bridgehead atoms. The van der Waals surface area contributed by atoms with Crippen molar-refractivity contribution in [3.63, 3.8) is 0 Å². The van der Waals surface area contributed by atoms with Crippen molar-refractivity contribution < 1.29 is 23.0 Å². The van der Waals surface area contributed by atoms with E-state index >= 15 is 0 Å². The fourth-order valence-corrected chi connectivity index (χ4v) is 4.61. The molecule has 7 nitrogen and oxygen atoms in total. The molecule has 0 amide bonds. The largest absolute Gasteiger partial charge is 0.588 e. The predicted octanol–water partition coefficient (Wildman–Crippen LogP) is 3.34. The van der Waals surface area contributed by atoms with Gasteiger partial charge >= 0.3 is 0 Å². The van der Waals surface area contributed by atoms with Gasteiger partial charge in [0, 0.05) is 12.3 Å². The van der Waals surface area contributed by atoms with Crippen LogP contribution in [-0.2, 0) is 14.6 Å². The Morgan fingerprint density at radius 1 is 1.10 bits per heavy atom. The third kappa shape index (κ3) is 4.03. The molecule has 1 aromatic heterocycles. The van der Waals surface area contributed by atoms with Gasteiger partial charge in [-0.25, -0.2) is 4.98 Å². The summed E-state index contributed by atoms with van der Waals surface area (Å²) in [5, 5.41) is 0. The van der Waals surface area contributed by atoms with Crippen LogP contribution in [0.5, 0.6) is 17.4 Å². The summed E-state index contributed by atoms with van der Waals surface area (Å²) in [6, 6.07) is 19.2. The van der Waals surface area contributed by atoms with Gasteiger partial charge in [0.05, 0.1) is 12.8 Å². The van der Waals surface area contributed by atoms with Crippen molar-refractivity contribution in [2.75, 3.05) is 24.6 Å². The van der Waals surface area contributed by atoms with Crippen molar-refractivity contribution in [2.24, 2.45) is 0 Å². The standard InChI is InChI=1S/C21H20N2O5S/c1-26-17-11-9-16(10-12-17)23-14-19(15-27-18-6-3-2-4-7-18)28-21-20(29(23,24)25)8-5-13-22-21/h2-13,19H,14-15H2,1H3. The quantitative estimate of drug-likeness (QED) is 0.598. The van der Waals surface area contributed by atoms with Crippen molar-refractivity contribution >= 4 is 16.1 Å². The molecule has 29 heavy (non-hydrogen) atoms. The summed E-state index contributed by atoms with van der Waals surface area (Å²) < 4.78 is 44.9. The highest BCUT2D eigenvalue weighted by atomic mass is 32.3. The van der Waals surface area contributed by atoms with E-state index < -0.39 is 16.5 Å². The summed E-state index contributed by atoms with van der Waals surface area (Å²) in [7, 11) is -2.30. The van der Waals surface area contributed by atoms with Gasteiger partial charge in [-0.2, -0.15) is 4.31 Å². The smallest absolute Gasteiger partial charge is 0.273 e. The normalized spacial score (nSPS) is 20.9. The number of anilines is 1. The van der Waals surface area contributed by atoms with Gasteiger partial charge in [-0.15, -0.1) is 0 Å². The van der Waals surface area contributed by atoms with Crippen molar-refractivity contribution in [2.45, 2.75) is 11.0 Å². The van der Waals surface area contributed by atoms with Gasteiger partial charge in [-0.1, -0.05) is 22.4 Å². The van der Waals surface area contributed by atoms with Crippen molar-refractivity contribution in [1.29, 1.82) is 0 Å². The minimum absolute atomic E-state index is 0.0260. The van der Waals surface area contributed by atoms with E-state index in [2.05, 4.69) is 4.98 Å². The number of pyridine rings is 1. The highest BCUT2D eigenvalue weighted by Crippen LogP contribution is 2.36. The maximum atomic E-state index is 13.3. The average molecular weight is 412 g/mol. The molecule has 1 aliphatic heterocycles. The number of ether oxygens (including phenoxy) is 3. The number of sulfonamides is 1. The zero-order valence-corrected chi connectivity index (χ0v) is 16.6. The second-order valence-corrected chi connectivity index (χ2v) is 8.24. The lowest BCUT2D eigenvalue weighted by molar-refractivity contribution is 0.129. The number of para-hydroxylation sites is 1. The highest BCUT2D eigenvalue weighted by Gasteiger charge is 2.40. The van der Waals surface area contributed by atoms with Crippen LogP contribution in [-0.4, -0.2) is 35.9 Å². The fourth-order valence-electron chi connectivity index (χ4n) is 3.04. The third-order valence-electron chi connectivity index (χ3n) is 4.49. The van der Waals surface area contributed by atoms with Crippen LogP contribution < -0.4 is 18.5 Å². The second kappa shape index (κ2) is 8.10. The molecule has 0 saturated heterocycles. The molecule has 0 N–H and O–H groups in total. The molecule has 2 atom stereocenters. The topological polar surface area (TPSA) is 84.0 Å². The van der Waals surface area contributed by atoms with Gasteiger partial charge in [0.1, 0.15) is 24.7 Å². The maximum Gasteiger partial charge on any atom is 0.273 e. The number of benzene rings is 2. The molecule has 0 aliphatic carbocycles. The summed E-state index contributed by atoms with van der Waals surface area (Å²) in [5.41, 5.74) is 0.510. The zero-order valence-electron chi connectivity index (χ0n) is 15.8. The lowest BCUT2D eigenvalue weighted by Gasteiger charge is -2.28. The first-order chi connectivity index (χ1) is 14.1. The average Bonchev–Trinajstić information content (AvgIpc) is 2.87. The SMILES string of the molecule is COc1ccc(N2CC(COc3ccccc3)Oc3ncccc3[S+]2(=O)[O-])cc1. The molecule has 0 fully saturated rings. The molecule has 8 heteroatoms. The second-order valence-electron chi connectivity index (χ2n) is 6.40. The van der Waals surface area contributed by atoms with Crippen LogP contribution in [0, 0.1) is 0 Å². The molecule has 0 spiro atoms. The van der Waals surface area contributed by atoms with Crippen LogP contribution in [0.3, 0.4) is 0 Å². The van der Waals surface area contributed by atoms with Crippen molar-refractivity contribution in [1.82, 2.24) is 4.98 Å². The van der Waals surface area contributed by atoms with Crippen LogP contribution in [0.1, 0.15) is 0 Å². The summed E-state index contributed by atoms with van der Waals surface area (Å²) in [4.78, 5) is 4.16. The van der Waals surface area contributed by atoms with Gasteiger partial charge in [-0.05, 0) is 42.5 Å². The Balaban J connectivity index is 1.67. The first-order valence-electron chi connectivity index (χ1n) is 9.04. The Bertz CT molecular complexity index is 1010. The van der Waals surface area contributed by atoms with Crippen molar-refractivity contribution in [3.05, 3.63) is 72.9 Å². The first-order valence-corrected chi connectivity index (χ1v) is 10.5. The molecule has 0 radical (unpaired) electrons. The first kappa shape index (κ1) is 19.2. The van der Waals surface area contributed by atoms with Crippen molar-refractivity contribution in [3.8, 4) is 17.4 Å². The third-order valence-corrected chi connectivity index (χ3v) is 6.30. The van der Waals surface area contributed by atoms with Gasteiger partial charge in [-0.3, -0.25) is 0 Å². The molecule has 2 heterocycles. The zero-order chi connectivity index (χ0) is 20.3. The molecule has 2 unspecified atom stereocenters. The number of hydrogen-bond acceptors (Lipinski definition) is 6. The minimum atomic E-state index is -3.86. The molecule has 1 aliphatic rings. The van der Waals surface area contributed by atoms with Crippen LogP contribution >= 0.6 is 0 Å². The monoisotopic (exact) mass is 412 g/mol. The summed E-state index contributed by atoms with van der Waals surface area (Å²) in [6.45, 7) is 0.250. The maximum absolute atomic E-state index is 13.3.